The number of hydrogen-bond acceptors (Lipinski definition) is 4. The summed E-state index contributed by atoms with van der Waals surface area (Å²) in [6.07, 6.45) is 13.9. The van der Waals surface area contributed by atoms with E-state index in [-0.39, 0.29) is 0 Å². The number of unbranched alkanes of at least 4 members (excludes halogenated alkanes) is 2. The minimum atomic E-state index is 0.585. The van der Waals surface area contributed by atoms with Gasteiger partial charge < -0.3 is 4.74 Å². The standard InChI is InChI=1S/C23H33N3O/c1-3-5-9-15-27-22-17-20(10-4-2)25-23(26-22)19-13-14-24-21(16-19)18-11-7-6-8-12-18/h13-14,16-18H,3-12,15H2,1-2H3. The number of hydrogen-bond donors (Lipinski definition) is 0. The quantitative estimate of drug-likeness (QED) is 0.502. The van der Waals surface area contributed by atoms with Crippen molar-refractivity contribution in [2.75, 3.05) is 6.61 Å². The third-order valence-electron chi connectivity index (χ3n) is 5.32. The molecule has 27 heavy (non-hydrogen) atoms. The van der Waals surface area contributed by atoms with Crippen LogP contribution < -0.4 is 4.74 Å². The predicted octanol–water partition coefficient (Wildman–Crippen LogP) is 6.11. The Balaban J connectivity index is 1.82. The highest BCUT2D eigenvalue weighted by Gasteiger charge is 2.18. The summed E-state index contributed by atoms with van der Waals surface area (Å²) in [5, 5.41) is 0. The Kier molecular flexibility index (Phi) is 7.61. The number of nitrogens with zero attached hydrogens (tertiary/aromatic N) is 3. The van der Waals surface area contributed by atoms with Crippen LogP contribution in [0.1, 0.15) is 88.9 Å². The molecule has 4 heteroatoms. The lowest BCUT2D eigenvalue weighted by atomic mass is 9.86. The van der Waals surface area contributed by atoms with Crippen molar-refractivity contribution in [1.82, 2.24) is 15.0 Å². The summed E-state index contributed by atoms with van der Waals surface area (Å²) in [4.78, 5) is 14.2. The van der Waals surface area contributed by atoms with Crippen LogP contribution in [0.15, 0.2) is 24.4 Å². The fourth-order valence-electron chi connectivity index (χ4n) is 3.80. The molecule has 0 saturated heterocycles. The van der Waals surface area contributed by atoms with Gasteiger partial charge in [-0.3, -0.25) is 4.98 Å². The summed E-state index contributed by atoms with van der Waals surface area (Å²) in [7, 11) is 0. The van der Waals surface area contributed by atoms with E-state index in [0.29, 0.717) is 11.8 Å². The zero-order valence-corrected chi connectivity index (χ0v) is 16.9. The monoisotopic (exact) mass is 367 g/mol. The number of pyridine rings is 1. The van der Waals surface area contributed by atoms with E-state index in [0.717, 1.165) is 43.0 Å². The average Bonchev–Trinajstić information content (AvgIpc) is 2.72. The third kappa shape index (κ3) is 5.75. The van der Waals surface area contributed by atoms with E-state index < -0.39 is 0 Å². The zero-order valence-electron chi connectivity index (χ0n) is 16.9. The van der Waals surface area contributed by atoms with Crippen molar-refractivity contribution < 1.29 is 4.74 Å². The molecule has 0 radical (unpaired) electrons. The van der Waals surface area contributed by atoms with Gasteiger partial charge in [-0.25, -0.2) is 4.98 Å². The van der Waals surface area contributed by atoms with Crippen molar-refractivity contribution in [1.29, 1.82) is 0 Å². The molecular formula is C23H33N3O. The molecule has 0 spiro atoms. The Bertz CT molecular complexity index is 711. The fraction of sp³-hybridized carbons (Fsp3) is 0.609. The topological polar surface area (TPSA) is 47.9 Å². The molecule has 0 unspecified atom stereocenters. The van der Waals surface area contributed by atoms with E-state index in [9.17, 15) is 0 Å². The average molecular weight is 368 g/mol. The zero-order chi connectivity index (χ0) is 18.9. The maximum Gasteiger partial charge on any atom is 0.217 e. The Morgan fingerprint density at radius 3 is 2.63 bits per heavy atom. The maximum absolute atomic E-state index is 5.94. The second-order valence-electron chi connectivity index (χ2n) is 7.63. The highest BCUT2D eigenvalue weighted by molar-refractivity contribution is 5.56. The predicted molar refractivity (Wildman–Crippen MR) is 110 cm³/mol. The number of aryl methyl sites for hydroxylation is 1. The van der Waals surface area contributed by atoms with Crippen LogP contribution in [-0.4, -0.2) is 21.6 Å². The Hall–Kier alpha value is -1.97. The molecule has 2 heterocycles. The molecule has 0 bridgehead atoms. The highest BCUT2D eigenvalue weighted by Crippen LogP contribution is 2.33. The van der Waals surface area contributed by atoms with Crippen LogP contribution in [0.4, 0.5) is 0 Å². The van der Waals surface area contributed by atoms with Gasteiger partial charge in [0.15, 0.2) is 5.82 Å². The van der Waals surface area contributed by atoms with Gasteiger partial charge in [-0.2, -0.15) is 4.98 Å². The molecule has 3 rings (SSSR count). The van der Waals surface area contributed by atoms with Crippen LogP contribution >= 0.6 is 0 Å². The van der Waals surface area contributed by atoms with Gasteiger partial charge in [-0.15, -0.1) is 0 Å². The van der Waals surface area contributed by atoms with Crippen LogP contribution in [0.3, 0.4) is 0 Å². The Labute approximate surface area is 163 Å². The van der Waals surface area contributed by atoms with Gasteiger partial charge in [-0.1, -0.05) is 52.4 Å². The minimum Gasteiger partial charge on any atom is -0.478 e. The van der Waals surface area contributed by atoms with E-state index in [1.54, 1.807) is 0 Å². The van der Waals surface area contributed by atoms with Gasteiger partial charge >= 0.3 is 0 Å². The van der Waals surface area contributed by atoms with E-state index in [1.165, 1.54) is 50.6 Å². The maximum atomic E-state index is 5.94. The Morgan fingerprint density at radius 2 is 1.85 bits per heavy atom. The van der Waals surface area contributed by atoms with Gasteiger partial charge in [0, 0.05) is 35.1 Å². The van der Waals surface area contributed by atoms with Crippen LogP contribution in [0, 0.1) is 0 Å². The van der Waals surface area contributed by atoms with Crippen molar-refractivity contribution in [2.45, 2.75) is 84.0 Å². The van der Waals surface area contributed by atoms with Crippen LogP contribution in [-0.2, 0) is 6.42 Å². The van der Waals surface area contributed by atoms with E-state index in [4.69, 9.17) is 14.7 Å². The molecule has 2 aromatic heterocycles. The summed E-state index contributed by atoms with van der Waals surface area (Å²) in [6, 6.07) is 6.22. The number of rotatable bonds is 9. The Morgan fingerprint density at radius 1 is 1.00 bits per heavy atom. The minimum absolute atomic E-state index is 0.585. The summed E-state index contributed by atoms with van der Waals surface area (Å²) < 4.78 is 5.94. The molecule has 146 valence electrons. The molecule has 1 saturated carbocycles. The molecule has 0 amide bonds. The van der Waals surface area contributed by atoms with Crippen molar-refractivity contribution in [3.05, 3.63) is 35.8 Å². The van der Waals surface area contributed by atoms with E-state index in [1.807, 2.05) is 18.3 Å². The summed E-state index contributed by atoms with van der Waals surface area (Å²) in [6.45, 7) is 5.10. The molecule has 0 N–H and O–H groups in total. The van der Waals surface area contributed by atoms with Crippen LogP contribution in [0.2, 0.25) is 0 Å². The molecule has 1 aliphatic rings. The summed E-state index contributed by atoms with van der Waals surface area (Å²) in [5.74, 6) is 2.06. The molecular weight excluding hydrogens is 334 g/mol. The largest absolute Gasteiger partial charge is 0.478 e. The van der Waals surface area contributed by atoms with E-state index in [2.05, 4.69) is 24.9 Å². The third-order valence-corrected chi connectivity index (χ3v) is 5.32. The summed E-state index contributed by atoms with van der Waals surface area (Å²) in [5.41, 5.74) is 3.31. The molecule has 1 aliphatic carbocycles. The first kappa shape index (κ1) is 19.8. The lowest BCUT2D eigenvalue weighted by molar-refractivity contribution is 0.294. The van der Waals surface area contributed by atoms with Crippen molar-refractivity contribution in [2.24, 2.45) is 0 Å². The second kappa shape index (κ2) is 10.4. The van der Waals surface area contributed by atoms with Gasteiger partial charge in [0.2, 0.25) is 5.88 Å². The molecule has 0 aromatic carbocycles. The summed E-state index contributed by atoms with van der Waals surface area (Å²) >= 11 is 0. The second-order valence-corrected chi connectivity index (χ2v) is 7.63. The van der Waals surface area contributed by atoms with Gasteiger partial charge in [0.1, 0.15) is 0 Å². The smallest absolute Gasteiger partial charge is 0.217 e. The first-order chi connectivity index (χ1) is 13.3. The van der Waals surface area contributed by atoms with E-state index >= 15 is 0 Å². The van der Waals surface area contributed by atoms with Crippen molar-refractivity contribution in [3.63, 3.8) is 0 Å². The molecule has 0 aliphatic heterocycles. The van der Waals surface area contributed by atoms with Crippen LogP contribution in [0.25, 0.3) is 11.4 Å². The molecule has 0 atom stereocenters. The molecule has 2 aromatic rings. The van der Waals surface area contributed by atoms with Gasteiger partial charge in [-0.05, 0) is 37.8 Å². The highest BCUT2D eigenvalue weighted by atomic mass is 16.5. The molecule has 4 nitrogen and oxygen atoms in total. The van der Waals surface area contributed by atoms with Gasteiger partial charge in [0.25, 0.3) is 0 Å². The first-order valence-corrected chi connectivity index (χ1v) is 10.8. The number of ether oxygens (including phenoxy) is 1. The lowest BCUT2D eigenvalue weighted by Gasteiger charge is -2.21. The van der Waals surface area contributed by atoms with Crippen molar-refractivity contribution >= 4 is 0 Å². The lowest BCUT2D eigenvalue weighted by Crippen LogP contribution is -2.07. The van der Waals surface area contributed by atoms with Gasteiger partial charge in [0.05, 0.1) is 6.61 Å². The normalized spacial score (nSPS) is 15.0. The van der Waals surface area contributed by atoms with Crippen molar-refractivity contribution in [3.8, 4) is 17.3 Å². The number of aromatic nitrogens is 3. The van der Waals surface area contributed by atoms with Crippen LogP contribution in [0.5, 0.6) is 5.88 Å². The SMILES string of the molecule is CCCCCOc1cc(CCC)nc(-c2ccnc(C3CCCCC3)c2)n1. The molecule has 1 fully saturated rings. The fourth-order valence-corrected chi connectivity index (χ4v) is 3.80. The first-order valence-electron chi connectivity index (χ1n) is 10.8.